The van der Waals surface area contributed by atoms with E-state index in [1.165, 1.54) is 12.1 Å². The second-order valence-electron chi connectivity index (χ2n) is 4.51. The van der Waals surface area contributed by atoms with E-state index in [-0.39, 0.29) is 10.7 Å². The maximum absolute atomic E-state index is 11.6. The Bertz CT molecular complexity index is 603. The number of benzene rings is 1. The minimum Gasteiger partial charge on any atom is -0.361 e. The number of carbonyl (C=O) groups is 1. The van der Waals surface area contributed by atoms with Gasteiger partial charge in [-0.2, -0.15) is 0 Å². The first-order valence-electron chi connectivity index (χ1n) is 6.08. The first-order chi connectivity index (χ1) is 8.97. The predicted molar refractivity (Wildman–Crippen MR) is 73.0 cm³/mol. The molecule has 1 aliphatic carbocycles. The molecular weight excluding hydrogens is 264 g/mol. The largest absolute Gasteiger partial charge is 0.361 e. The Morgan fingerprint density at radius 3 is 2.32 bits per heavy atom. The number of anilines is 1. The van der Waals surface area contributed by atoms with Crippen LogP contribution in [0, 0.1) is 0 Å². The van der Waals surface area contributed by atoms with Crippen LogP contribution >= 0.6 is 0 Å². The van der Waals surface area contributed by atoms with Gasteiger partial charge in [0.2, 0.25) is 10.0 Å². The fourth-order valence-corrected chi connectivity index (χ4v) is 2.48. The second kappa shape index (κ2) is 5.54. The maximum atomic E-state index is 11.6. The Morgan fingerprint density at radius 2 is 1.74 bits per heavy atom. The van der Waals surface area contributed by atoms with Gasteiger partial charge in [0.1, 0.15) is 0 Å². The predicted octanol–water partition coefficient (Wildman–Crippen LogP) is 1.77. The Balaban J connectivity index is 2.08. The van der Waals surface area contributed by atoms with Crippen molar-refractivity contribution in [3.63, 3.8) is 0 Å². The van der Waals surface area contributed by atoms with Crippen molar-refractivity contribution in [2.75, 3.05) is 5.32 Å². The topological polar surface area (TPSA) is 89.3 Å². The van der Waals surface area contributed by atoms with E-state index >= 15 is 0 Å². The van der Waals surface area contributed by atoms with Crippen LogP contribution in [0.2, 0.25) is 0 Å². The molecule has 6 heteroatoms. The Labute approximate surface area is 112 Å². The van der Waals surface area contributed by atoms with Crippen molar-refractivity contribution < 1.29 is 13.2 Å². The molecule has 1 aliphatic rings. The van der Waals surface area contributed by atoms with Gasteiger partial charge in [-0.1, -0.05) is 0 Å². The summed E-state index contributed by atoms with van der Waals surface area (Å²) in [6.45, 7) is 0. The van der Waals surface area contributed by atoms with Crippen LogP contribution in [0.4, 0.5) is 5.69 Å². The lowest BCUT2D eigenvalue weighted by atomic mass is 9.94. The van der Waals surface area contributed by atoms with Gasteiger partial charge in [-0.05, 0) is 43.5 Å². The normalized spacial score (nSPS) is 18.6. The molecule has 1 aromatic carbocycles. The molecular formula is C13H16N2O3S. The van der Waals surface area contributed by atoms with Crippen LogP contribution in [0.5, 0.6) is 0 Å². The van der Waals surface area contributed by atoms with Crippen LogP contribution < -0.4 is 10.5 Å². The van der Waals surface area contributed by atoms with E-state index < -0.39 is 10.0 Å². The minimum atomic E-state index is -3.66. The van der Waals surface area contributed by atoms with Crippen LogP contribution in [0.1, 0.15) is 25.7 Å². The molecule has 0 spiro atoms. The SMILES string of the molecule is NS(=O)(=O)c1ccc(N/C=C2/CCCCC2=O)cc1. The molecule has 0 aliphatic heterocycles. The third-order valence-corrected chi connectivity index (χ3v) is 3.98. The zero-order valence-electron chi connectivity index (χ0n) is 10.4. The summed E-state index contributed by atoms with van der Waals surface area (Å²) in [5.74, 6) is 0.180. The number of rotatable bonds is 3. The van der Waals surface area contributed by atoms with Gasteiger partial charge in [-0.3, -0.25) is 4.79 Å². The van der Waals surface area contributed by atoms with Gasteiger partial charge < -0.3 is 5.32 Å². The zero-order chi connectivity index (χ0) is 13.9. The number of carbonyl (C=O) groups excluding carboxylic acids is 1. The van der Waals surface area contributed by atoms with E-state index in [0.29, 0.717) is 6.42 Å². The van der Waals surface area contributed by atoms with Crippen molar-refractivity contribution in [2.24, 2.45) is 5.14 Å². The number of Topliss-reactive ketones (excluding diaryl/α,β-unsaturated/α-hetero) is 1. The molecule has 0 amide bonds. The zero-order valence-corrected chi connectivity index (χ0v) is 11.2. The fraction of sp³-hybridized carbons (Fsp3) is 0.308. The van der Waals surface area contributed by atoms with Gasteiger partial charge in [-0.25, -0.2) is 13.6 Å². The van der Waals surface area contributed by atoms with Crippen LogP contribution in [-0.4, -0.2) is 14.2 Å². The fourth-order valence-electron chi connectivity index (χ4n) is 1.96. The lowest BCUT2D eigenvalue weighted by Gasteiger charge is -2.12. The van der Waals surface area contributed by atoms with Crippen molar-refractivity contribution in [3.8, 4) is 0 Å². The highest BCUT2D eigenvalue weighted by atomic mass is 32.2. The van der Waals surface area contributed by atoms with Crippen molar-refractivity contribution in [1.29, 1.82) is 0 Å². The number of nitrogens with one attached hydrogen (secondary N) is 1. The summed E-state index contributed by atoms with van der Waals surface area (Å²) >= 11 is 0. The first-order valence-corrected chi connectivity index (χ1v) is 7.63. The van der Waals surface area contributed by atoms with Crippen LogP contribution in [0.15, 0.2) is 40.9 Å². The van der Waals surface area contributed by atoms with E-state index in [9.17, 15) is 13.2 Å². The van der Waals surface area contributed by atoms with E-state index in [1.807, 2.05) is 0 Å². The number of sulfonamides is 1. The lowest BCUT2D eigenvalue weighted by Crippen LogP contribution is -2.12. The Morgan fingerprint density at radius 1 is 1.11 bits per heavy atom. The maximum Gasteiger partial charge on any atom is 0.238 e. The van der Waals surface area contributed by atoms with E-state index in [2.05, 4.69) is 5.32 Å². The van der Waals surface area contributed by atoms with Crippen LogP contribution in [0.3, 0.4) is 0 Å². The van der Waals surface area contributed by atoms with Crippen LogP contribution in [-0.2, 0) is 14.8 Å². The van der Waals surface area contributed by atoms with Gasteiger partial charge in [0.15, 0.2) is 5.78 Å². The van der Waals surface area contributed by atoms with E-state index in [1.54, 1.807) is 18.3 Å². The molecule has 1 fully saturated rings. The number of hydrogen-bond acceptors (Lipinski definition) is 4. The summed E-state index contributed by atoms with van der Waals surface area (Å²) in [5.41, 5.74) is 1.51. The third-order valence-electron chi connectivity index (χ3n) is 3.05. The highest BCUT2D eigenvalue weighted by Crippen LogP contribution is 2.20. The second-order valence-corrected chi connectivity index (χ2v) is 6.08. The molecule has 3 N–H and O–H groups in total. The molecule has 0 saturated heterocycles. The molecule has 102 valence electrons. The number of nitrogens with two attached hydrogens (primary N) is 1. The van der Waals surface area contributed by atoms with Gasteiger partial charge in [0, 0.05) is 23.9 Å². The number of hydrogen-bond donors (Lipinski definition) is 2. The third kappa shape index (κ3) is 3.65. The average Bonchev–Trinajstić information content (AvgIpc) is 2.37. The van der Waals surface area contributed by atoms with Crippen molar-refractivity contribution in [3.05, 3.63) is 36.0 Å². The smallest absolute Gasteiger partial charge is 0.238 e. The van der Waals surface area contributed by atoms with E-state index in [4.69, 9.17) is 5.14 Å². The molecule has 1 saturated carbocycles. The molecule has 0 aromatic heterocycles. The molecule has 1 aromatic rings. The number of ketones is 1. The van der Waals surface area contributed by atoms with Gasteiger partial charge in [0.25, 0.3) is 0 Å². The van der Waals surface area contributed by atoms with Crippen molar-refractivity contribution in [1.82, 2.24) is 0 Å². The minimum absolute atomic E-state index is 0.0689. The summed E-state index contributed by atoms with van der Waals surface area (Å²) in [6, 6.07) is 6.09. The molecule has 0 heterocycles. The van der Waals surface area contributed by atoms with Gasteiger partial charge in [0.05, 0.1) is 4.90 Å². The molecule has 19 heavy (non-hydrogen) atoms. The van der Waals surface area contributed by atoms with Gasteiger partial charge in [-0.15, -0.1) is 0 Å². The summed E-state index contributed by atoms with van der Waals surface area (Å²) < 4.78 is 22.2. The molecule has 0 bridgehead atoms. The molecule has 2 rings (SSSR count). The highest BCUT2D eigenvalue weighted by Gasteiger charge is 2.14. The Kier molecular flexibility index (Phi) is 4.01. The van der Waals surface area contributed by atoms with Crippen molar-refractivity contribution in [2.45, 2.75) is 30.6 Å². The molecule has 0 radical (unpaired) electrons. The van der Waals surface area contributed by atoms with E-state index in [0.717, 1.165) is 30.5 Å². The summed E-state index contributed by atoms with van der Waals surface area (Å²) in [7, 11) is -3.66. The summed E-state index contributed by atoms with van der Waals surface area (Å²) in [6.07, 6.45) is 5.09. The average molecular weight is 280 g/mol. The quantitative estimate of drug-likeness (QED) is 0.826. The summed E-state index contributed by atoms with van der Waals surface area (Å²) in [5, 5.41) is 8.02. The standard InChI is InChI=1S/C13H16N2O3S/c14-19(17,18)12-7-5-11(6-8-12)15-9-10-3-1-2-4-13(10)16/h5-9,15H,1-4H2,(H2,14,17,18)/b10-9-. The van der Waals surface area contributed by atoms with Crippen LogP contribution in [0.25, 0.3) is 0 Å². The lowest BCUT2D eigenvalue weighted by molar-refractivity contribution is -0.116. The first kappa shape index (κ1) is 13.8. The number of primary sulfonamides is 1. The van der Waals surface area contributed by atoms with Crippen molar-refractivity contribution >= 4 is 21.5 Å². The molecule has 0 unspecified atom stereocenters. The van der Waals surface area contributed by atoms with Gasteiger partial charge >= 0.3 is 0 Å². The monoisotopic (exact) mass is 280 g/mol. The number of allylic oxidation sites excluding steroid dienone is 1. The summed E-state index contributed by atoms with van der Waals surface area (Å²) in [4.78, 5) is 11.7. The highest BCUT2D eigenvalue weighted by molar-refractivity contribution is 7.89. The molecule has 0 atom stereocenters. The Hall–Kier alpha value is -1.66. The molecule has 5 nitrogen and oxygen atoms in total.